The standard InChI is InChI=1S/C15H20N4O2/c20-14-11-16-13(10-17-14)15(21)19-8-6-18(7-9-19)12-4-2-1-3-5-12/h1-5,13,16H,6-11H2,(H,17,20). The van der Waals surface area contributed by atoms with E-state index in [9.17, 15) is 9.59 Å². The molecule has 112 valence electrons. The Hall–Kier alpha value is -2.08. The van der Waals surface area contributed by atoms with Crippen LogP contribution >= 0.6 is 0 Å². The molecule has 0 saturated carbocycles. The van der Waals surface area contributed by atoms with Gasteiger partial charge >= 0.3 is 0 Å². The molecule has 2 amide bonds. The summed E-state index contributed by atoms with van der Waals surface area (Å²) in [5.74, 6) is 0.0376. The number of carbonyl (C=O) groups excluding carboxylic acids is 2. The van der Waals surface area contributed by atoms with Crippen molar-refractivity contribution >= 4 is 17.5 Å². The molecule has 2 aliphatic rings. The number of hydrogen-bond donors (Lipinski definition) is 2. The third-order valence-corrected chi connectivity index (χ3v) is 4.02. The Labute approximate surface area is 124 Å². The highest BCUT2D eigenvalue weighted by atomic mass is 16.2. The summed E-state index contributed by atoms with van der Waals surface area (Å²) < 4.78 is 0. The first-order valence-corrected chi connectivity index (χ1v) is 7.33. The summed E-state index contributed by atoms with van der Waals surface area (Å²) in [5, 5.41) is 5.72. The molecule has 2 heterocycles. The van der Waals surface area contributed by atoms with Crippen LogP contribution in [-0.2, 0) is 9.59 Å². The minimum absolute atomic E-state index is 0.0482. The van der Waals surface area contributed by atoms with Gasteiger partial charge in [-0.3, -0.25) is 14.9 Å². The Morgan fingerprint density at radius 2 is 1.81 bits per heavy atom. The highest BCUT2D eigenvalue weighted by molar-refractivity contribution is 5.87. The summed E-state index contributed by atoms with van der Waals surface area (Å²) in [5.41, 5.74) is 1.20. The van der Waals surface area contributed by atoms with Gasteiger partial charge in [-0.05, 0) is 12.1 Å². The van der Waals surface area contributed by atoms with Crippen LogP contribution in [0.4, 0.5) is 5.69 Å². The zero-order chi connectivity index (χ0) is 14.7. The summed E-state index contributed by atoms with van der Waals surface area (Å²) in [6.45, 7) is 3.74. The Morgan fingerprint density at radius 3 is 2.43 bits per heavy atom. The first-order valence-electron chi connectivity index (χ1n) is 7.33. The molecule has 3 rings (SSSR count). The van der Waals surface area contributed by atoms with Gasteiger partial charge in [0, 0.05) is 38.4 Å². The van der Waals surface area contributed by atoms with Crippen molar-refractivity contribution < 1.29 is 9.59 Å². The zero-order valence-corrected chi connectivity index (χ0v) is 11.9. The predicted octanol–water partition coefficient (Wildman–Crippen LogP) is -0.577. The number of hydrogen-bond acceptors (Lipinski definition) is 4. The SMILES string of the molecule is O=C1CNC(C(=O)N2CCN(c3ccccc3)CC2)CN1. The van der Waals surface area contributed by atoms with E-state index in [0.29, 0.717) is 6.54 Å². The van der Waals surface area contributed by atoms with Gasteiger partial charge < -0.3 is 15.1 Å². The van der Waals surface area contributed by atoms with E-state index in [4.69, 9.17) is 0 Å². The van der Waals surface area contributed by atoms with E-state index in [1.54, 1.807) is 0 Å². The Bertz CT molecular complexity index is 502. The minimum atomic E-state index is -0.286. The lowest BCUT2D eigenvalue weighted by Crippen LogP contribution is -2.61. The second-order valence-electron chi connectivity index (χ2n) is 5.39. The Morgan fingerprint density at radius 1 is 1.10 bits per heavy atom. The van der Waals surface area contributed by atoms with Crippen molar-refractivity contribution in [2.75, 3.05) is 44.2 Å². The maximum absolute atomic E-state index is 12.4. The van der Waals surface area contributed by atoms with Gasteiger partial charge in [0.1, 0.15) is 6.04 Å². The fourth-order valence-corrected chi connectivity index (χ4v) is 2.79. The average molecular weight is 288 g/mol. The first-order chi connectivity index (χ1) is 10.2. The van der Waals surface area contributed by atoms with E-state index >= 15 is 0 Å². The number of carbonyl (C=O) groups is 2. The molecular weight excluding hydrogens is 268 g/mol. The number of amides is 2. The second kappa shape index (κ2) is 6.13. The minimum Gasteiger partial charge on any atom is -0.368 e. The van der Waals surface area contributed by atoms with Crippen LogP contribution in [0.15, 0.2) is 30.3 Å². The molecule has 2 aliphatic heterocycles. The molecule has 2 saturated heterocycles. The number of anilines is 1. The van der Waals surface area contributed by atoms with Gasteiger partial charge in [0.2, 0.25) is 11.8 Å². The molecule has 0 radical (unpaired) electrons. The molecule has 1 unspecified atom stereocenters. The number of benzene rings is 1. The summed E-state index contributed by atoms with van der Waals surface area (Å²) >= 11 is 0. The van der Waals surface area contributed by atoms with Crippen molar-refractivity contribution in [2.24, 2.45) is 0 Å². The van der Waals surface area contributed by atoms with Crippen LogP contribution in [0, 0.1) is 0 Å². The van der Waals surface area contributed by atoms with E-state index in [2.05, 4.69) is 27.7 Å². The Balaban J connectivity index is 1.53. The molecule has 6 heteroatoms. The monoisotopic (exact) mass is 288 g/mol. The van der Waals surface area contributed by atoms with Crippen LogP contribution in [-0.4, -0.2) is 62.0 Å². The van der Waals surface area contributed by atoms with E-state index in [1.807, 2.05) is 23.1 Å². The van der Waals surface area contributed by atoms with Crippen LogP contribution in [0.2, 0.25) is 0 Å². The highest BCUT2D eigenvalue weighted by Crippen LogP contribution is 2.15. The normalized spacial score (nSPS) is 22.9. The second-order valence-corrected chi connectivity index (χ2v) is 5.39. The van der Waals surface area contributed by atoms with E-state index < -0.39 is 0 Å². The van der Waals surface area contributed by atoms with E-state index in [1.165, 1.54) is 5.69 Å². The number of para-hydroxylation sites is 1. The van der Waals surface area contributed by atoms with Crippen molar-refractivity contribution in [3.8, 4) is 0 Å². The molecular formula is C15H20N4O2. The first kappa shape index (κ1) is 13.9. The molecule has 2 N–H and O–H groups in total. The Kier molecular flexibility index (Phi) is 4.06. The third kappa shape index (κ3) is 3.16. The lowest BCUT2D eigenvalue weighted by atomic mass is 10.1. The van der Waals surface area contributed by atoms with Crippen LogP contribution < -0.4 is 15.5 Å². The van der Waals surface area contributed by atoms with Crippen molar-refractivity contribution in [1.29, 1.82) is 0 Å². The van der Waals surface area contributed by atoms with Crippen molar-refractivity contribution in [3.05, 3.63) is 30.3 Å². The van der Waals surface area contributed by atoms with Gasteiger partial charge in [0.25, 0.3) is 0 Å². The number of rotatable bonds is 2. The van der Waals surface area contributed by atoms with Gasteiger partial charge in [-0.2, -0.15) is 0 Å². The van der Waals surface area contributed by atoms with E-state index in [0.717, 1.165) is 26.2 Å². The molecule has 6 nitrogen and oxygen atoms in total. The van der Waals surface area contributed by atoms with Crippen molar-refractivity contribution in [1.82, 2.24) is 15.5 Å². The summed E-state index contributed by atoms with van der Waals surface area (Å²) in [6.07, 6.45) is 0. The highest BCUT2D eigenvalue weighted by Gasteiger charge is 2.29. The third-order valence-electron chi connectivity index (χ3n) is 4.02. The molecule has 21 heavy (non-hydrogen) atoms. The predicted molar refractivity (Wildman–Crippen MR) is 80.0 cm³/mol. The smallest absolute Gasteiger partial charge is 0.241 e. The summed E-state index contributed by atoms with van der Waals surface area (Å²) in [7, 11) is 0. The summed E-state index contributed by atoms with van der Waals surface area (Å²) in [6, 6.07) is 9.96. The lowest BCUT2D eigenvalue weighted by molar-refractivity contribution is -0.135. The van der Waals surface area contributed by atoms with Gasteiger partial charge in [-0.1, -0.05) is 18.2 Å². The maximum Gasteiger partial charge on any atom is 0.241 e. The van der Waals surface area contributed by atoms with Gasteiger partial charge in [0.05, 0.1) is 6.54 Å². The van der Waals surface area contributed by atoms with Crippen LogP contribution in [0.5, 0.6) is 0 Å². The fraction of sp³-hybridized carbons (Fsp3) is 0.467. The quantitative estimate of drug-likeness (QED) is 0.764. The molecule has 0 aliphatic carbocycles. The van der Waals surface area contributed by atoms with Gasteiger partial charge in [0.15, 0.2) is 0 Å². The molecule has 1 aromatic carbocycles. The van der Waals surface area contributed by atoms with Crippen molar-refractivity contribution in [2.45, 2.75) is 6.04 Å². The molecule has 0 bridgehead atoms. The van der Waals surface area contributed by atoms with Crippen LogP contribution in [0.1, 0.15) is 0 Å². The average Bonchev–Trinajstić information content (AvgIpc) is 2.56. The summed E-state index contributed by atoms with van der Waals surface area (Å²) in [4.78, 5) is 27.7. The zero-order valence-electron chi connectivity index (χ0n) is 11.9. The van der Waals surface area contributed by atoms with Crippen LogP contribution in [0.25, 0.3) is 0 Å². The maximum atomic E-state index is 12.4. The topological polar surface area (TPSA) is 64.7 Å². The van der Waals surface area contributed by atoms with Crippen LogP contribution in [0.3, 0.4) is 0 Å². The molecule has 2 fully saturated rings. The molecule has 0 spiro atoms. The van der Waals surface area contributed by atoms with Gasteiger partial charge in [-0.15, -0.1) is 0 Å². The van der Waals surface area contributed by atoms with Gasteiger partial charge in [-0.25, -0.2) is 0 Å². The number of piperazine rings is 2. The molecule has 0 aromatic heterocycles. The van der Waals surface area contributed by atoms with E-state index in [-0.39, 0.29) is 24.4 Å². The number of nitrogens with one attached hydrogen (secondary N) is 2. The largest absolute Gasteiger partial charge is 0.368 e. The van der Waals surface area contributed by atoms with Crippen molar-refractivity contribution in [3.63, 3.8) is 0 Å². The lowest BCUT2D eigenvalue weighted by Gasteiger charge is -2.38. The molecule has 1 atom stereocenters. The molecule has 1 aromatic rings. The fourth-order valence-electron chi connectivity index (χ4n) is 2.79. The number of nitrogens with zero attached hydrogens (tertiary/aromatic N) is 2.